The molecule has 0 radical (unpaired) electrons. The van der Waals surface area contributed by atoms with Crippen molar-refractivity contribution in [3.05, 3.63) is 63.3 Å². The molecule has 3 aromatic rings. The summed E-state index contributed by atoms with van der Waals surface area (Å²) >= 11 is 6.87. The van der Waals surface area contributed by atoms with E-state index in [1.165, 1.54) is 12.1 Å². The number of rotatable bonds is 9. The molecular formula is C29H33ClFN5O5S. The molecule has 0 bridgehead atoms. The quantitative estimate of drug-likeness (QED) is 0.301. The van der Waals surface area contributed by atoms with Crippen molar-refractivity contribution in [2.24, 2.45) is 0 Å². The monoisotopic (exact) mass is 617 g/mol. The minimum absolute atomic E-state index is 0.0171. The Morgan fingerprint density at radius 1 is 1.17 bits per heavy atom. The summed E-state index contributed by atoms with van der Waals surface area (Å²) in [5.74, 6) is -1.74. The number of halogens is 2. The highest BCUT2D eigenvalue weighted by Crippen LogP contribution is 2.35. The number of furan rings is 1. The molecule has 3 heterocycles. The van der Waals surface area contributed by atoms with E-state index in [0.717, 1.165) is 67.4 Å². The standard InChI is InChI=1S/C29H33ClFN5O5S/c1-16-9-12-22(41-16)25(28(38)33-15-19-8-5-13-40-19)36(18-10-11-21(31)20(30)14-18)29(39)26-23(32)24(35-42-26)27(37)34-17-6-3-2-4-7-17/h9-12,14,17,19,25H,2-8,13,15,32H2,1H3,(H,33,38)(H,34,37)/t19-,25-/m1/s1. The molecular weight excluding hydrogens is 585 g/mol. The summed E-state index contributed by atoms with van der Waals surface area (Å²) in [6, 6.07) is 5.65. The SMILES string of the molecule is Cc1ccc([C@H](C(=O)NC[C@H]2CCCO2)N(C(=O)c2snc(C(=O)NC3CCCCC3)c2N)c2ccc(F)c(Cl)c2)o1. The number of amides is 3. The Bertz CT molecular complexity index is 1450. The van der Waals surface area contributed by atoms with Crippen molar-refractivity contribution in [3.8, 4) is 0 Å². The molecule has 1 saturated heterocycles. The molecule has 0 unspecified atom stereocenters. The second-order valence-corrected chi connectivity index (χ2v) is 11.8. The first-order chi connectivity index (χ1) is 20.2. The number of nitrogens with two attached hydrogens (primary N) is 1. The van der Waals surface area contributed by atoms with Crippen molar-refractivity contribution in [3.63, 3.8) is 0 Å². The van der Waals surface area contributed by atoms with Crippen molar-refractivity contribution >= 4 is 52.2 Å². The van der Waals surface area contributed by atoms with Gasteiger partial charge in [0.25, 0.3) is 17.7 Å². The van der Waals surface area contributed by atoms with Gasteiger partial charge < -0.3 is 25.5 Å². The average Bonchev–Trinajstić information content (AvgIpc) is 3.74. The Morgan fingerprint density at radius 3 is 2.62 bits per heavy atom. The predicted octanol–water partition coefficient (Wildman–Crippen LogP) is 5.17. The van der Waals surface area contributed by atoms with Gasteiger partial charge in [-0.2, -0.15) is 4.37 Å². The first-order valence-corrected chi connectivity index (χ1v) is 15.2. The van der Waals surface area contributed by atoms with E-state index < -0.39 is 29.6 Å². The van der Waals surface area contributed by atoms with E-state index in [2.05, 4.69) is 15.0 Å². The molecule has 4 N–H and O–H groups in total. The zero-order chi connectivity index (χ0) is 29.8. The van der Waals surface area contributed by atoms with Gasteiger partial charge >= 0.3 is 0 Å². The van der Waals surface area contributed by atoms with Gasteiger partial charge in [0.05, 0.1) is 16.8 Å². The van der Waals surface area contributed by atoms with Gasteiger partial charge in [0.1, 0.15) is 22.2 Å². The van der Waals surface area contributed by atoms with Crippen LogP contribution in [0.2, 0.25) is 5.02 Å². The fourth-order valence-corrected chi connectivity index (χ4v) is 6.24. The van der Waals surface area contributed by atoms with Crippen LogP contribution in [0, 0.1) is 12.7 Å². The number of ether oxygens (including phenoxy) is 1. The second kappa shape index (κ2) is 13.2. The van der Waals surface area contributed by atoms with E-state index in [0.29, 0.717) is 12.4 Å². The third-order valence-corrected chi connectivity index (χ3v) is 8.68. The lowest BCUT2D eigenvalue weighted by Gasteiger charge is -2.30. The number of anilines is 2. The van der Waals surface area contributed by atoms with Gasteiger partial charge in [0.2, 0.25) is 0 Å². The van der Waals surface area contributed by atoms with Crippen molar-refractivity contribution in [2.45, 2.75) is 70.1 Å². The number of benzene rings is 1. The Balaban J connectivity index is 1.51. The van der Waals surface area contributed by atoms with Crippen LogP contribution in [0.15, 0.2) is 34.7 Å². The number of nitrogens with zero attached hydrogens (tertiary/aromatic N) is 2. The van der Waals surface area contributed by atoms with Gasteiger partial charge in [-0.3, -0.25) is 19.3 Å². The number of nitrogens with one attached hydrogen (secondary N) is 2. The number of aryl methyl sites for hydroxylation is 1. The number of aromatic nitrogens is 1. The molecule has 13 heteroatoms. The fourth-order valence-electron chi connectivity index (χ4n) is 5.33. The summed E-state index contributed by atoms with van der Waals surface area (Å²) in [4.78, 5) is 42.2. The summed E-state index contributed by atoms with van der Waals surface area (Å²) in [5.41, 5.74) is 6.32. The Labute approximate surface area is 251 Å². The molecule has 2 aliphatic rings. The maximum atomic E-state index is 14.3. The summed E-state index contributed by atoms with van der Waals surface area (Å²) in [6.45, 7) is 2.56. The molecule has 2 aromatic heterocycles. The van der Waals surface area contributed by atoms with E-state index in [1.54, 1.807) is 19.1 Å². The summed E-state index contributed by atoms with van der Waals surface area (Å²) in [5, 5.41) is 5.59. The smallest absolute Gasteiger partial charge is 0.273 e. The van der Waals surface area contributed by atoms with Gasteiger partial charge in [-0.15, -0.1) is 0 Å². The number of hydrogen-bond acceptors (Lipinski definition) is 8. The Morgan fingerprint density at radius 2 is 1.95 bits per heavy atom. The minimum atomic E-state index is -1.32. The van der Waals surface area contributed by atoms with Gasteiger partial charge in [-0.25, -0.2) is 4.39 Å². The molecule has 5 rings (SSSR count). The van der Waals surface area contributed by atoms with Crippen LogP contribution in [0.4, 0.5) is 15.8 Å². The highest BCUT2D eigenvalue weighted by Gasteiger charge is 2.38. The largest absolute Gasteiger partial charge is 0.464 e. The fraction of sp³-hybridized carbons (Fsp3) is 0.448. The highest BCUT2D eigenvalue weighted by atomic mass is 35.5. The highest BCUT2D eigenvalue weighted by molar-refractivity contribution is 7.09. The second-order valence-electron chi connectivity index (χ2n) is 10.6. The normalized spacial score (nSPS) is 18.0. The molecule has 3 amide bonds. The van der Waals surface area contributed by atoms with Crippen molar-refractivity contribution < 1.29 is 27.9 Å². The van der Waals surface area contributed by atoms with Crippen LogP contribution < -0.4 is 21.3 Å². The zero-order valence-corrected chi connectivity index (χ0v) is 24.7. The van der Waals surface area contributed by atoms with E-state index in [9.17, 15) is 18.8 Å². The molecule has 10 nitrogen and oxygen atoms in total. The maximum Gasteiger partial charge on any atom is 0.273 e. The van der Waals surface area contributed by atoms with Crippen LogP contribution in [-0.2, 0) is 9.53 Å². The molecule has 224 valence electrons. The Kier molecular flexibility index (Phi) is 9.44. The summed E-state index contributed by atoms with van der Waals surface area (Å²) in [7, 11) is 0. The van der Waals surface area contributed by atoms with Crippen molar-refractivity contribution in [1.29, 1.82) is 0 Å². The van der Waals surface area contributed by atoms with E-state index >= 15 is 0 Å². The number of nitrogen functional groups attached to an aromatic ring is 1. The number of carbonyl (C=O) groups excluding carboxylic acids is 3. The van der Waals surface area contributed by atoms with Gasteiger partial charge in [-0.05, 0) is 74.5 Å². The van der Waals surface area contributed by atoms with Gasteiger partial charge in [0, 0.05) is 24.9 Å². The molecule has 2 atom stereocenters. The van der Waals surface area contributed by atoms with Crippen LogP contribution in [0.1, 0.15) is 82.7 Å². The molecule has 1 saturated carbocycles. The number of hydrogen-bond donors (Lipinski definition) is 3. The third kappa shape index (κ3) is 6.61. The zero-order valence-electron chi connectivity index (χ0n) is 23.2. The summed E-state index contributed by atoms with van der Waals surface area (Å²) in [6.07, 6.45) is 6.45. The van der Waals surface area contributed by atoms with Crippen LogP contribution in [0.3, 0.4) is 0 Å². The van der Waals surface area contributed by atoms with Crippen LogP contribution in [-0.4, -0.2) is 47.4 Å². The molecule has 42 heavy (non-hydrogen) atoms. The van der Waals surface area contributed by atoms with E-state index in [4.69, 9.17) is 26.5 Å². The van der Waals surface area contributed by atoms with E-state index in [1.807, 2.05) is 0 Å². The first-order valence-electron chi connectivity index (χ1n) is 14.0. The Hall–Kier alpha value is -3.48. The molecule has 1 aliphatic heterocycles. The van der Waals surface area contributed by atoms with E-state index in [-0.39, 0.29) is 51.4 Å². The third-order valence-electron chi connectivity index (χ3n) is 7.54. The van der Waals surface area contributed by atoms with Crippen molar-refractivity contribution in [2.75, 3.05) is 23.8 Å². The minimum Gasteiger partial charge on any atom is -0.464 e. The average molecular weight is 618 g/mol. The topological polar surface area (TPSA) is 140 Å². The first kappa shape index (κ1) is 30.0. The summed E-state index contributed by atoms with van der Waals surface area (Å²) < 4.78 is 29.9. The lowest BCUT2D eigenvalue weighted by Crippen LogP contribution is -2.45. The molecule has 2 fully saturated rings. The predicted molar refractivity (Wildman–Crippen MR) is 157 cm³/mol. The lowest BCUT2D eigenvalue weighted by atomic mass is 9.95. The molecule has 1 aromatic carbocycles. The van der Waals surface area contributed by atoms with Crippen LogP contribution in [0.25, 0.3) is 0 Å². The van der Waals surface area contributed by atoms with Crippen LogP contribution in [0.5, 0.6) is 0 Å². The van der Waals surface area contributed by atoms with Gasteiger partial charge in [0.15, 0.2) is 11.7 Å². The maximum absolute atomic E-state index is 14.3. The lowest BCUT2D eigenvalue weighted by molar-refractivity contribution is -0.123. The molecule has 1 aliphatic carbocycles. The van der Waals surface area contributed by atoms with Crippen molar-refractivity contribution in [1.82, 2.24) is 15.0 Å². The number of carbonyl (C=O) groups is 3. The van der Waals surface area contributed by atoms with Gasteiger partial charge in [-0.1, -0.05) is 30.9 Å². The van der Waals surface area contributed by atoms with Crippen LogP contribution >= 0.6 is 23.1 Å². The molecule has 0 spiro atoms.